The van der Waals surface area contributed by atoms with Gasteiger partial charge in [0.1, 0.15) is 24.6 Å². The van der Waals surface area contributed by atoms with Crippen molar-refractivity contribution in [2.45, 2.75) is 20.0 Å². The van der Waals surface area contributed by atoms with Gasteiger partial charge in [0.25, 0.3) is 5.91 Å². The molecule has 0 aliphatic carbocycles. The minimum atomic E-state index is -0.636. The number of nitrogens with one attached hydrogen (secondary N) is 2. The van der Waals surface area contributed by atoms with Crippen molar-refractivity contribution in [3.05, 3.63) is 100 Å². The molecule has 1 aliphatic rings. The Labute approximate surface area is 208 Å². The van der Waals surface area contributed by atoms with Gasteiger partial charge in [0.2, 0.25) is 5.91 Å². The molecule has 0 radical (unpaired) electrons. The number of ether oxygens (including phenoxy) is 1. The van der Waals surface area contributed by atoms with Crippen LogP contribution in [0.1, 0.15) is 23.6 Å². The summed E-state index contributed by atoms with van der Waals surface area (Å²) in [6, 6.07) is 21.3. The van der Waals surface area contributed by atoms with E-state index in [4.69, 9.17) is 16.3 Å². The lowest BCUT2D eigenvalue weighted by Crippen LogP contribution is -2.38. The van der Waals surface area contributed by atoms with Gasteiger partial charge in [-0.15, -0.1) is 0 Å². The fraction of sp³-hybridized carbons (Fsp3) is 0.148. The molecule has 3 aromatic carbocycles. The van der Waals surface area contributed by atoms with Gasteiger partial charge in [-0.25, -0.2) is 9.69 Å². The first-order valence-electron chi connectivity index (χ1n) is 11.1. The fourth-order valence-corrected chi connectivity index (χ4v) is 3.70. The van der Waals surface area contributed by atoms with E-state index in [1.807, 2.05) is 37.3 Å². The molecule has 8 heteroatoms. The van der Waals surface area contributed by atoms with Crippen molar-refractivity contribution in [1.82, 2.24) is 10.2 Å². The zero-order valence-electron chi connectivity index (χ0n) is 19.1. The molecule has 0 saturated carbocycles. The van der Waals surface area contributed by atoms with Gasteiger partial charge < -0.3 is 15.4 Å². The molecule has 1 heterocycles. The number of carbonyl (C=O) groups is 3. The Bertz CT molecular complexity index is 1270. The van der Waals surface area contributed by atoms with Gasteiger partial charge in [-0.1, -0.05) is 61.0 Å². The largest absolute Gasteiger partial charge is 0.489 e. The third-order valence-corrected chi connectivity index (χ3v) is 5.70. The van der Waals surface area contributed by atoms with Crippen LogP contribution in [0.3, 0.4) is 0 Å². The predicted molar refractivity (Wildman–Crippen MR) is 135 cm³/mol. The van der Waals surface area contributed by atoms with Crippen LogP contribution in [0.25, 0.3) is 6.08 Å². The van der Waals surface area contributed by atoms with Crippen LogP contribution in [0.2, 0.25) is 5.02 Å². The minimum Gasteiger partial charge on any atom is -0.489 e. The van der Waals surface area contributed by atoms with Crippen molar-refractivity contribution in [1.29, 1.82) is 0 Å². The Morgan fingerprint density at radius 2 is 1.74 bits per heavy atom. The van der Waals surface area contributed by atoms with Crippen LogP contribution < -0.4 is 15.4 Å². The van der Waals surface area contributed by atoms with Crippen LogP contribution in [-0.4, -0.2) is 29.3 Å². The van der Waals surface area contributed by atoms with E-state index in [0.717, 1.165) is 22.4 Å². The first-order valence-corrected chi connectivity index (χ1v) is 11.5. The first kappa shape index (κ1) is 24.0. The summed E-state index contributed by atoms with van der Waals surface area (Å²) in [6.07, 6.45) is 2.31. The summed E-state index contributed by atoms with van der Waals surface area (Å²) in [6.45, 7) is 2.00. The van der Waals surface area contributed by atoms with Crippen LogP contribution in [0.5, 0.6) is 5.75 Å². The number of para-hydroxylation sites is 1. The molecule has 0 spiro atoms. The quantitative estimate of drug-likeness (QED) is 0.344. The molecule has 4 amide bonds. The lowest BCUT2D eigenvalue weighted by molar-refractivity contribution is -0.127. The number of hydrogen-bond acceptors (Lipinski definition) is 4. The molecule has 178 valence electrons. The van der Waals surface area contributed by atoms with Crippen molar-refractivity contribution in [2.24, 2.45) is 0 Å². The Morgan fingerprint density at radius 3 is 2.46 bits per heavy atom. The maximum atomic E-state index is 12.7. The lowest BCUT2D eigenvalue weighted by atomic mass is 10.1. The van der Waals surface area contributed by atoms with Gasteiger partial charge in [-0.2, -0.15) is 0 Å². The SMILES string of the molecule is CCc1ccccc1NC(=O)CN1C(=O)N/C(=C/c2ccc(OCc3ccc(Cl)cc3)cc2)C1=O. The number of nitrogens with zero attached hydrogens (tertiary/aromatic N) is 1. The number of hydrogen-bond donors (Lipinski definition) is 2. The highest BCUT2D eigenvalue weighted by molar-refractivity contribution is 6.30. The summed E-state index contributed by atoms with van der Waals surface area (Å²) < 4.78 is 5.77. The minimum absolute atomic E-state index is 0.103. The second kappa shape index (κ2) is 10.9. The molecule has 3 aromatic rings. The molecule has 4 rings (SSSR count). The number of carbonyl (C=O) groups excluding carboxylic acids is 3. The lowest BCUT2D eigenvalue weighted by Gasteiger charge is -2.13. The summed E-state index contributed by atoms with van der Waals surface area (Å²) in [4.78, 5) is 38.5. The highest BCUT2D eigenvalue weighted by Crippen LogP contribution is 2.20. The number of benzene rings is 3. The van der Waals surface area contributed by atoms with Gasteiger partial charge in [0.05, 0.1) is 0 Å². The zero-order valence-corrected chi connectivity index (χ0v) is 19.8. The molecule has 1 fully saturated rings. The van der Waals surface area contributed by atoms with Crippen LogP contribution in [0, 0.1) is 0 Å². The summed E-state index contributed by atoms with van der Waals surface area (Å²) in [5.74, 6) is -0.343. The van der Waals surface area contributed by atoms with Crippen LogP contribution in [-0.2, 0) is 22.6 Å². The molecule has 1 saturated heterocycles. The molecule has 0 aromatic heterocycles. The Kier molecular flexibility index (Phi) is 7.48. The van der Waals surface area contributed by atoms with E-state index in [0.29, 0.717) is 28.6 Å². The zero-order chi connectivity index (χ0) is 24.8. The summed E-state index contributed by atoms with van der Waals surface area (Å²) in [7, 11) is 0. The van der Waals surface area contributed by atoms with Gasteiger partial charge in [-0.3, -0.25) is 9.59 Å². The van der Waals surface area contributed by atoms with Gasteiger partial charge >= 0.3 is 6.03 Å². The second-order valence-corrected chi connectivity index (χ2v) is 8.36. The second-order valence-electron chi connectivity index (χ2n) is 7.92. The maximum absolute atomic E-state index is 12.7. The molecule has 0 unspecified atom stereocenters. The van der Waals surface area contributed by atoms with Gasteiger partial charge in [-0.05, 0) is 59.5 Å². The van der Waals surface area contributed by atoms with Crippen LogP contribution in [0.15, 0.2) is 78.5 Å². The molecule has 1 aliphatic heterocycles. The number of anilines is 1. The number of aryl methyl sites for hydroxylation is 1. The number of amides is 4. The highest BCUT2D eigenvalue weighted by Gasteiger charge is 2.35. The topological polar surface area (TPSA) is 87.7 Å². The van der Waals surface area contributed by atoms with E-state index in [1.54, 1.807) is 48.5 Å². The Morgan fingerprint density at radius 1 is 1.03 bits per heavy atom. The smallest absolute Gasteiger partial charge is 0.329 e. The van der Waals surface area contributed by atoms with Crippen LogP contribution in [0.4, 0.5) is 10.5 Å². The molecule has 2 N–H and O–H groups in total. The summed E-state index contributed by atoms with van der Waals surface area (Å²) >= 11 is 5.89. The van der Waals surface area contributed by atoms with Crippen molar-refractivity contribution in [2.75, 3.05) is 11.9 Å². The van der Waals surface area contributed by atoms with E-state index in [1.165, 1.54) is 0 Å². The van der Waals surface area contributed by atoms with Gasteiger partial charge in [0, 0.05) is 10.7 Å². The van der Waals surface area contributed by atoms with Gasteiger partial charge in [0.15, 0.2) is 0 Å². The highest BCUT2D eigenvalue weighted by atomic mass is 35.5. The summed E-state index contributed by atoms with van der Waals surface area (Å²) in [5.41, 5.74) is 3.44. The Balaban J connectivity index is 1.36. The fourth-order valence-electron chi connectivity index (χ4n) is 3.57. The molecule has 0 bridgehead atoms. The predicted octanol–water partition coefficient (Wildman–Crippen LogP) is 5.01. The standard InChI is InChI=1S/C27H24ClN3O4/c1-2-20-5-3-4-6-23(20)29-25(32)16-31-26(33)24(30-27(31)34)15-18-9-13-22(14-10-18)35-17-19-7-11-21(28)12-8-19/h3-15H,2,16-17H2,1H3,(H,29,32)(H,30,34)/b24-15+. The average molecular weight is 490 g/mol. The Hall–Kier alpha value is -4.10. The third-order valence-electron chi connectivity index (χ3n) is 5.45. The molecular weight excluding hydrogens is 466 g/mol. The van der Waals surface area contributed by atoms with E-state index in [-0.39, 0.29) is 12.2 Å². The van der Waals surface area contributed by atoms with Crippen LogP contribution >= 0.6 is 11.6 Å². The number of imide groups is 1. The van der Waals surface area contributed by atoms with Crippen molar-refractivity contribution >= 4 is 41.2 Å². The maximum Gasteiger partial charge on any atom is 0.329 e. The van der Waals surface area contributed by atoms with Crippen molar-refractivity contribution in [3.8, 4) is 5.75 Å². The van der Waals surface area contributed by atoms with Crippen molar-refractivity contribution < 1.29 is 19.1 Å². The first-order chi connectivity index (χ1) is 16.9. The van der Waals surface area contributed by atoms with E-state index < -0.39 is 17.8 Å². The third kappa shape index (κ3) is 6.07. The molecular formula is C27H24ClN3O4. The van der Waals surface area contributed by atoms with Crippen molar-refractivity contribution in [3.63, 3.8) is 0 Å². The van der Waals surface area contributed by atoms with E-state index in [9.17, 15) is 14.4 Å². The number of urea groups is 1. The van der Waals surface area contributed by atoms with E-state index >= 15 is 0 Å². The average Bonchev–Trinajstić information content (AvgIpc) is 3.12. The molecule has 35 heavy (non-hydrogen) atoms. The molecule has 7 nitrogen and oxygen atoms in total. The number of rotatable bonds is 8. The summed E-state index contributed by atoms with van der Waals surface area (Å²) in [5, 5.41) is 5.98. The molecule has 0 atom stereocenters. The van der Waals surface area contributed by atoms with E-state index in [2.05, 4.69) is 10.6 Å². The monoisotopic (exact) mass is 489 g/mol. The normalized spacial score (nSPS) is 14.2. The number of halogens is 1.